The average Bonchev–Trinajstić information content (AvgIpc) is 3.15. The molecular weight excluding hydrogens is 433 g/mol. The van der Waals surface area contributed by atoms with Crippen molar-refractivity contribution in [2.24, 2.45) is 5.92 Å². The third-order valence-corrected chi connectivity index (χ3v) is 6.76. The summed E-state index contributed by atoms with van der Waals surface area (Å²) in [6, 6.07) is 10.1. The van der Waals surface area contributed by atoms with Crippen LogP contribution in [-0.2, 0) is 16.9 Å². The number of hydrogen-bond acceptors (Lipinski definition) is 5. The largest absolute Gasteiger partial charge is 0.384 e. The smallest absolute Gasteiger partial charge is 0.257 e. The molecule has 0 radical (unpaired) electrons. The summed E-state index contributed by atoms with van der Waals surface area (Å²) in [4.78, 5) is 19.8. The summed E-state index contributed by atoms with van der Waals surface area (Å²) in [7, 11) is 0. The van der Waals surface area contributed by atoms with Gasteiger partial charge in [-0.2, -0.15) is 0 Å². The van der Waals surface area contributed by atoms with Gasteiger partial charge in [0.15, 0.2) is 5.60 Å². The lowest BCUT2D eigenvalue weighted by Gasteiger charge is -2.37. The molecule has 1 amide bonds. The van der Waals surface area contributed by atoms with Gasteiger partial charge in [-0.1, -0.05) is 18.2 Å². The number of halogens is 3. The second-order valence-corrected chi connectivity index (χ2v) is 9.15. The first-order chi connectivity index (χ1) is 15.7. The van der Waals surface area contributed by atoms with Crippen LogP contribution in [0.1, 0.15) is 43.4 Å². The van der Waals surface area contributed by atoms with Gasteiger partial charge in [0.05, 0.1) is 5.69 Å². The fourth-order valence-corrected chi connectivity index (χ4v) is 4.91. The van der Waals surface area contributed by atoms with Crippen molar-refractivity contribution >= 4 is 11.7 Å². The van der Waals surface area contributed by atoms with Crippen LogP contribution in [0.25, 0.3) is 0 Å². The van der Waals surface area contributed by atoms with E-state index >= 15 is 0 Å². The Morgan fingerprint density at radius 3 is 2.48 bits per heavy atom. The molecule has 4 N–H and O–H groups in total. The predicted molar refractivity (Wildman–Crippen MR) is 118 cm³/mol. The quantitative estimate of drug-likeness (QED) is 0.613. The summed E-state index contributed by atoms with van der Waals surface area (Å²) in [6.07, 6.45) is 0.341. The minimum absolute atomic E-state index is 0.0138. The second-order valence-electron chi connectivity index (χ2n) is 9.15. The topological polar surface area (TPSA) is 91.5 Å². The predicted octanol–water partition coefficient (Wildman–Crippen LogP) is 3.21. The first-order valence-electron chi connectivity index (χ1n) is 11.3. The number of amides is 1. The number of carbonyl (C=O) groups is 1. The van der Waals surface area contributed by atoms with Crippen molar-refractivity contribution in [3.63, 3.8) is 0 Å². The highest BCUT2D eigenvalue weighted by atomic mass is 19.3. The van der Waals surface area contributed by atoms with Gasteiger partial charge in [-0.3, -0.25) is 9.69 Å². The Balaban J connectivity index is 1.43. The number of benzene rings is 1. The van der Waals surface area contributed by atoms with E-state index in [-0.39, 0.29) is 24.4 Å². The van der Waals surface area contributed by atoms with Crippen LogP contribution in [-0.4, -0.2) is 46.0 Å². The van der Waals surface area contributed by atoms with Crippen molar-refractivity contribution in [1.82, 2.24) is 15.2 Å². The number of rotatable bonds is 6. The number of nitrogens with two attached hydrogens (primary N) is 1. The third kappa shape index (κ3) is 5.30. The molecule has 4 rings (SSSR count). The van der Waals surface area contributed by atoms with Gasteiger partial charge in [0.2, 0.25) is 5.92 Å². The van der Waals surface area contributed by atoms with Gasteiger partial charge < -0.3 is 16.2 Å². The van der Waals surface area contributed by atoms with Crippen LogP contribution in [0.15, 0.2) is 42.5 Å². The molecule has 0 unspecified atom stereocenters. The number of nitrogen functional groups attached to an aromatic ring is 1. The van der Waals surface area contributed by atoms with Crippen molar-refractivity contribution < 1.29 is 23.1 Å². The summed E-state index contributed by atoms with van der Waals surface area (Å²) in [5.41, 5.74) is 4.59. The lowest BCUT2D eigenvalue weighted by Crippen LogP contribution is -2.54. The van der Waals surface area contributed by atoms with E-state index in [1.807, 2.05) is 12.1 Å². The maximum absolute atomic E-state index is 14.0. The first kappa shape index (κ1) is 23.5. The van der Waals surface area contributed by atoms with E-state index in [1.165, 1.54) is 12.1 Å². The van der Waals surface area contributed by atoms with Crippen LogP contribution < -0.4 is 11.1 Å². The Morgan fingerprint density at radius 1 is 1.18 bits per heavy atom. The standard InChI is InChI=1S/C24H29F3N4O2/c25-18-6-4-16(5-7-18)24(33,17-8-11-23(26,27)14-17)22(32)30-19-9-12-31(13-10-19)15-20-2-1-3-21(28)29-20/h1-7,17,19,33H,8-15H2,(H2,28,29)(H,30,32)/t17-,24+/m1/s1. The monoisotopic (exact) mass is 462 g/mol. The normalized spacial score (nSPS) is 23.2. The highest BCUT2D eigenvalue weighted by Crippen LogP contribution is 2.47. The van der Waals surface area contributed by atoms with Crippen LogP contribution in [0.3, 0.4) is 0 Å². The lowest BCUT2D eigenvalue weighted by atomic mass is 9.79. The molecule has 1 aromatic carbocycles. The number of hydrogen-bond donors (Lipinski definition) is 3. The molecule has 33 heavy (non-hydrogen) atoms. The van der Waals surface area contributed by atoms with Crippen LogP contribution >= 0.6 is 0 Å². The molecule has 1 saturated carbocycles. The second kappa shape index (κ2) is 9.30. The summed E-state index contributed by atoms with van der Waals surface area (Å²) < 4.78 is 41.4. The van der Waals surface area contributed by atoms with Crippen molar-refractivity contribution in [3.05, 3.63) is 59.5 Å². The van der Waals surface area contributed by atoms with E-state index in [9.17, 15) is 23.1 Å². The Hall–Kier alpha value is -2.65. The number of pyridine rings is 1. The van der Waals surface area contributed by atoms with Gasteiger partial charge in [0, 0.05) is 44.4 Å². The number of carbonyl (C=O) groups excluding carboxylic acids is 1. The summed E-state index contributed by atoms with van der Waals surface area (Å²) in [6.45, 7) is 2.05. The molecule has 6 nitrogen and oxygen atoms in total. The Bertz CT molecular complexity index is 980. The van der Waals surface area contributed by atoms with Crippen molar-refractivity contribution in [2.75, 3.05) is 18.8 Å². The van der Waals surface area contributed by atoms with Crippen LogP contribution in [0, 0.1) is 11.7 Å². The fourth-order valence-electron chi connectivity index (χ4n) is 4.91. The van der Waals surface area contributed by atoms with Crippen molar-refractivity contribution in [3.8, 4) is 0 Å². The molecule has 1 saturated heterocycles. The Morgan fingerprint density at radius 2 is 1.88 bits per heavy atom. The summed E-state index contributed by atoms with van der Waals surface area (Å²) in [5, 5.41) is 14.4. The Labute approximate surface area is 191 Å². The van der Waals surface area contributed by atoms with E-state index < -0.39 is 35.6 Å². The highest BCUT2D eigenvalue weighted by molar-refractivity contribution is 5.87. The third-order valence-electron chi connectivity index (χ3n) is 6.76. The van der Waals surface area contributed by atoms with Gasteiger partial charge in [-0.15, -0.1) is 0 Å². The lowest BCUT2D eigenvalue weighted by molar-refractivity contribution is -0.149. The highest BCUT2D eigenvalue weighted by Gasteiger charge is 2.53. The number of piperidine rings is 1. The fraction of sp³-hybridized carbons (Fsp3) is 0.500. The van der Waals surface area contributed by atoms with Crippen LogP contribution in [0.4, 0.5) is 19.0 Å². The van der Waals surface area contributed by atoms with Crippen LogP contribution in [0.2, 0.25) is 0 Å². The molecule has 1 aromatic heterocycles. The molecule has 1 aliphatic heterocycles. The zero-order valence-electron chi connectivity index (χ0n) is 18.3. The zero-order valence-corrected chi connectivity index (χ0v) is 18.3. The molecule has 2 atom stereocenters. The van der Waals surface area contributed by atoms with Gasteiger partial charge in [0.25, 0.3) is 5.91 Å². The molecule has 178 valence electrons. The maximum atomic E-state index is 14.0. The minimum atomic E-state index is -2.93. The number of nitrogens with one attached hydrogen (secondary N) is 1. The van der Waals surface area contributed by atoms with Crippen LogP contribution in [0.5, 0.6) is 0 Å². The number of likely N-dealkylation sites (tertiary alicyclic amines) is 1. The molecular formula is C24H29F3N4O2. The van der Waals surface area contributed by atoms with Gasteiger partial charge in [0.1, 0.15) is 11.6 Å². The van der Waals surface area contributed by atoms with Gasteiger partial charge in [-0.25, -0.2) is 18.2 Å². The first-order valence-corrected chi connectivity index (χ1v) is 11.3. The summed E-state index contributed by atoms with van der Waals surface area (Å²) in [5.74, 6) is -4.65. The molecule has 2 heterocycles. The number of nitrogens with zero attached hydrogens (tertiary/aromatic N) is 2. The van der Waals surface area contributed by atoms with Crippen molar-refractivity contribution in [2.45, 2.75) is 56.2 Å². The van der Waals surface area contributed by atoms with Gasteiger partial charge in [-0.05, 0) is 49.1 Å². The molecule has 2 fully saturated rings. The zero-order chi connectivity index (χ0) is 23.6. The Kier molecular flexibility index (Phi) is 6.63. The SMILES string of the molecule is Nc1cccc(CN2CCC(NC(=O)[C@](O)(c3ccc(F)cc3)[C@@H]3CCC(F)(F)C3)CC2)n1. The molecule has 2 aromatic rings. The number of aliphatic hydroxyl groups is 1. The van der Waals surface area contributed by atoms with E-state index in [2.05, 4.69) is 15.2 Å². The average molecular weight is 463 g/mol. The molecule has 0 bridgehead atoms. The summed E-state index contributed by atoms with van der Waals surface area (Å²) >= 11 is 0. The number of aromatic nitrogens is 1. The van der Waals surface area contributed by atoms with Gasteiger partial charge >= 0.3 is 0 Å². The number of alkyl halides is 2. The molecule has 0 spiro atoms. The number of anilines is 1. The molecule has 9 heteroatoms. The minimum Gasteiger partial charge on any atom is -0.384 e. The van der Waals surface area contributed by atoms with E-state index in [4.69, 9.17) is 5.73 Å². The molecule has 2 aliphatic rings. The van der Waals surface area contributed by atoms with Crippen molar-refractivity contribution in [1.29, 1.82) is 0 Å². The van der Waals surface area contributed by atoms with E-state index in [0.717, 1.165) is 17.8 Å². The maximum Gasteiger partial charge on any atom is 0.257 e. The molecule has 1 aliphatic carbocycles. The van der Waals surface area contributed by atoms with E-state index in [0.29, 0.717) is 38.3 Å². The van der Waals surface area contributed by atoms with E-state index in [1.54, 1.807) is 6.07 Å².